The van der Waals surface area contributed by atoms with Gasteiger partial charge in [0.15, 0.2) is 0 Å². The van der Waals surface area contributed by atoms with Crippen molar-refractivity contribution in [2.75, 3.05) is 7.11 Å². The number of hydrogen-bond donors (Lipinski definition) is 1. The molecule has 3 rings (SSSR count). The molecule has 1 N–H and O–H groups in total. The first-order valence-corrected chi connectivity index (χ1v) is 6.42. The highest BCUT2D eigenvalue weighted by molar-refractivity contribution is 6.02. The number of aromatic amines is 1. The van der Waals surface area contributed by atoms with Crippen molar-refractivity contribution in [3.63, 3.8) is 0 Å². The van der Waals surface area contributed by atoms with Crippen LogP contribution in [0.2, 0.25) is 0 Å². The minimum atomic E-state index is -0.465. The smallest absolute Gasteiger partial charge is 0.340 e. The third-order valence-electron chi connectivity index (χ3n) is 3.27. The van der Waals surface area contributed by atoms with Gasteiger partial charge in [0.2, 0.25) is 0 Å². The molecule has 0 aliphatic carbocycles. The molecule has 0 atom stereocenters. The summed E-state index contributed by atoms with van der Waals surface area (Å²) in [5.74, 6) is 0.0635. The van der Waals surface area contributed by atoms with E-state index in [1.807, 2.05) is 0 Å². The van der Waals surface area contributed by atoms with Gasteiger partial charge in [-0.25, -0.2) is 9.78 Å². The molecule has 110 valence electrons. The van der Waals surface area contributed by atoms with Gasteiger partial charge in [0.1, 0.15) is 11.3 Å². The molecule has 0 amide bonds. The molecule has 0 spiro atoms. The maximum Gasteiger partial charge on any atom is 0.340 e. The SMILES string of the molecule is COC(=O)c1cccc2[nH]c(-c3ccc([N+](=O)[O-])cc3)nc12. The van der Waals surface area contributed by atoms with E-state index in [9.17, 15) is 14.9 Å². The number of para-hydroxylation sites is 1. The summed E-state index contributed by atoms with van der Waals surface area (Å²) >= 11 is 0. The van der Waals surface area contributed by atoms with Gasteiger partial charge in [-0.1, -0.05) is 6.07 Å². The van der Waals surface area contributed by atoms with E-state index in [0.717, 1.165) is 0 Å². The van der Waals surface area contributed by atoms with Gasteiger partial charge in [-0.15, -0.1) is 0 Å². The monoisotopic (exact) mass is 297 g/mol. The molecule has 2 aromatic carbocycles. The van der Waals surface area contributed by atoms with Crippen molar-refractivity contribution >= 4 is 22.7 Å². The third kappa shape index (κ3) is 2.28. The summed E-state index contributed by atoms with van der Waals surface area (Å²) in [7, 11) is 1.31. The van der Waals surface area contributed by atoms with Gasteiger partial charge in [-0.05, 0) is 24.3 Å². The number of carbonyl (C=O) groups is 1. The van der Waals surface area contributed by atoms with Crippen molar-refractivity contribution in [1.29, 1.82) is 0 Å². The molecule has 22 heavy (non-hydrogen) atoms. The van der Waals surface area contributed by atoms with Crippen LogP contribution in [-0.2, 0) is 4.74 Å². The highest BCUT2D eigenvalue weighted by Crippen LogP contribution is 2.24. The fourth-order valence-electron chi connectivity index (χ4n) is 2.18. The van der Waals surface area contributed by atoms with Gasteiger partial charge in [0.05, 0.1) is 23.1 Å². The van der Waals surface area contributed by atoms with Crippen LogP contribution in [-0.4, -0.2) is 28.0 Å². The van der Waals surface area contributed by atoms with Gasteiger partial charge in [0, 0.05) is 17.7 Å². The largest absolute Gasteiger partial charge is 0.465 e. The number of carbonyl (C=O) groups excluding carboxylic acids is 1. The molecular formula is C15H11N3O4. The molecule has 0 saturated heterocycles. The lowest BCUT2D eigenvalue weighted by molar-refractivity contribution is -0.384. The van der Waals surface area contributed by atoms with E-state index in [4.69, 9.17) is 4.74 Å². The van der Waals surface area contributed by atoms with Crippen LogP contribution < -0.4 is 0 Å². The van der Waals surface area contributed by atoms with Crippen LogP contribution in [0.3, 0.4) is 0 Å². The van der Waals surface area contributed by atoms with E-state index >= 15 is 0 Å². The molecule has 1 heterocycles. The molecule has 0 radical (unpaired) electrons. The molecular weight excluding hydrogens is 286 g/mol. The molecule has 7 heteroatoms. The van der Waals surface area contributed by atoms with Gasteiger partial charge in [-0.2, -0.15) is 0 Å². The van der Waals surface area contributed by atoms with E-state index < -0.39 is 10.9 Å². The number of nitro benzene ring substituents is 1. The van der Waals surface area contributed by atoms with Crippen molar-refractivity contribution in [2.45, 2.75) is 0 Å². The van der Waals surface area contributed by atoms with Gasteiger partial charge in [-0.3, -0.25) is 10.1 Å². The Kier molecular flexibility index (Phi) is 3.30. The quantitative estimate of drug-likeness (QED) is 0.455. The van der Waals surface area contributed by atoms with E-state index in [1.54, 1.807) is 30.3 Å². The van der Waals surface area contributed by atoms with Crippen LogP contribution in [0.5, 0.6) is 0 Å². The number of esters is 1. The van der Waals surface area contributed by atoms with Crippen LogP contribution in [0, 0.1) is 10.1 Å². The molecule has 1 aromatic heterocycles. The van der Waals surface area contributed by atoms with Gasteiger partial charge >= 0.3 is 5.97 Å². The van der Waals surface area contributed by atoms with Crippen molar-refractivity contribution in [1.82, 2.24) is 9.97 Å². The maximum absolute atomic E-state index is 11.7. The fraction of sp³-hybridized carbons (Fsp3) is 0.0667. The zero-order valence-corrected chi connectivity index (χ0v) is 11.6. The first-order valence-electron chi connectivity index (χ1n) is 6.42. The number of rotatable bonds is 3. The van der Waals surface area contributed by atoms with E-state index in [1.165, 1.54) is 19.2 Å². The van der Waals surface area contributed by atoms with Crippen molar-refractivity contribution in [3.05, 3.63) is 58.1 Å². The molecule has 0 aliphatic rings. The number of fused-ring (bicyclic) bond motifs is 1. The summed E-state index contributed by atoms with van der Waals surface area (Å²) in [4.78, 5) is 29.4. The van der Waals surface area contributed by atoms with Crippen LogP contribution in [0.25, 0.3) is 22.4 Å². The van der Waals surface area contributed by atoms with E-state index in [0.29, 0.717) is 28.0 Å². The maximum atomic E-state index is 11.7. The standard InChI is InChI=1S/C15H11N3O4/c1-22-15(19)11-3-2-4-12-13(11)17-14(16-12)9-5-7-10(8-6-9)18(20)21/h2-8H,1H3,(H,16,17). The zero-order valence-electron chi connectivity index (χ0n) is 11.6. The van der Waals surface area contributed by atoms with E-state index in [-0.39, 0.29) is 5.69 Å². The molecule has 0 unspecified atom stereocenters. The first-order chi connectivity index (χ1) is 10.6. The number of non-ortho nitro benzene ring substituents is 1. The summed E-state index contributed by atoms with van der Waals surface area (Å²) in [5.41, 5.74) is 2.26. The van der Waals surface area contributed by atoms with Crippen LogP contribution in [0.1, 0.15) is 10.4 Å². The van der Waals surface area contributed by atoms with Crippen molar-refractivity contribution < 1.29 is 14.5 Å². The first kappa shape index (κ1) is 13.7. The number of nitro groups is 1. The number of methoxy groups -OCH3 is 1. The summed E-state index contributed by atoms with van der Waals surface area (Å²) in [6.45, 7) is 0. The second-order valence-corrected chi connectivity index (χ2v) is 4.58. The average Bonchev–Trinajstić information content (AvgIpc) is 2.98. The lowest BCUT2D eigenvalue weighted by Gasteiger charge is -1.98. The second kappa shape index (κ2) is 5.28. The lowest BCUT2D eigenvalue weighted by Crippen LogP contribution is -2.01. The lowest BCUT2D eigenvalue weighted by atomic mass is 10.2. The summed E-state index contributed by atoms with van der Waals surface area (Å²) in [5, 5.41) is 10.7. The molecule has 0 saturated carbocycles. The average molecular weight is 297 g/mol. The predicted molar refractivity (Wildman–Crippen MR) is 79.5 cm³/mol. The number of aromatic nitrogens is 2. The van der Waals surface area contributed by atoms with Gasteiger partial charge < -0.3 is 9.72 Å². The number of nitrogens with one attached hydrogen (secondary N) is 1. The second-order valence-electron chi connectivity index (χ2n) is 4.58. The van der Waals surface area contributed by atoms with Crippen LogP contribution in [0.15, 0.2) is 42.5 Å². The highest BCUT2D eigenvalue weighted by atomic mass is 16.6. The Morgan fingerprint density at radius 2 is 1.95 bits per heavy atom. The molecule has 0 bridgehead atoms. The fourth-order valence-corrected chi connectivity index (χ4v) is 2.18. The Morgan fingerprint density at radius 1 is 1.23 bits per heavy atom. The number of nitrogens with zero attached hydrogens (tertiary/aromatic N) is 2. The number of H-pyrrole nitrogens is 1. The Morgan fingerprint density at radius 3 is 2.59 bits per heavy atom. The molecule has 0 aliphatic heterocycles. The normalized spacial score (nSPS) is 10.6. The number of imidazole rings is 1. The Bertz CT molecular complexity index is 868. The number of ether oxygens (including phenoxy) is 1. The number of benzene rings is 2. The summed E-state index contributed by atoms with van der Waals surface area (Å²) in [6, 6.07) is 11.2. The minimum absolute atomic E-state index is 0.00936. The van der Waals surface area contributed by atoms with Crippen LogP contribution >= 0.6 is 0 Å². The van der Waals surface area contributed by atoms with Crippen LogP contribution in [0.4, 0.5) is 5.69 Å². The van der Waals surface area contributed by atoms with E-state index in [2.05, 4.69) is 9.97 Å². The molecule has 0 fully saturated rings. The Hall–Kier alpha value is -3.22. The molecule has 7 nitrogen and oxygen atoms in total. The molecule has 3 aromatic rings. The number of hydrogen-bond acceptors (Lipinski definition) is 5. The Labute approximate surface area is 124 Å². The highest BCUT2D eigenvalue weighted by Gasteiger charge is 2.15. The van der Waals surface area contributed by atoms with Gasteiger partial charge in [0.25, 0.3) is 5.69 Å². The van der Waals surface area contributed by atoms with Crippen molar-refractivity contribution in [3.8, 4) is 11.4 Å². The third-order valence-corrected chi connectivity index (χ3v) is 3.27. The minimum Gasteiger partial charge on any atom is -0.465 e. The summed E-state index contributed by atoms with van der Waals surface area (Å²) < 4.78 is 4.73. The predicted octanol–water partition coefficient (Wildman–Crippen LogP) is 2.92. The van der Waals surface area contributed by atoms with Crippen molar-refractivity contribution in [2.24, 2.45) is 0 Å². The zero-order chi connectivity index (χ0) is 15.7. The topological polar surface area (TPSA) is 98.1 Å². The Balaban J connectivity index is 2.08. The summed E-state index contributed by atoms with van der Waals surface area (Å²) in [6.07, 6.45) is 0.